The SMILES string of the molecule is O=C(Nc1ccc(OC(F)(F)F)cc1)Nc1cccnc1Oc1ccccc1C1CC1. The molecule has 1 heterocycles. The van der Waals surface area contributed by atoms with Gasteiger partial charge in [0, 0.05) is 11.9 Å². The first-order chi connectivity index (χ1) is 14.9. The van der Waals surface area contributed by atoms with Crippen molar-refractivity contribution >= 4 is 17.4 Å². The van der Waals surface area contributed by atoms with E-state index in [9.17, 15) is 18.0 Å². The molecule has 0 saturated heterocycles. The molecule has 1 aromatic heterocycles. The van der Waals surface area contributed by atoms with Crippen LogP contribution in [0.3, 0.4) is 0 Å². The molecule has 1 fully saturated rings. The fourth-order valence-corrected chi connectivity index (χ4v) is 3.00. The predicted molar refractivity (Wildman–Crippen MR) is 108 cm³/mol. The number of alkyl halides is 3. The standard InChI is InChI=1S/C22H18F3N3O3/c23-22(24,25)31-16-11-9-15(10-12-16)27-21(29)28-18-5-3-13-26-20(18)30-19-6-2-1-4-17(19)14-7-8-14/h1-6,9-14H,7-8H2,(H2,27,28,29). The van der Waals surface area contributed by atoms with E-state index in [0.29, 0.717) is 17.4 Å². The zero-order valence-electron chi connectivity index (χ0n) is 16.1. The van der Waals surface area contributed by atoms with Gasteiger partial charge < -0.3 is 20.1 Å². The van der Waals surface area contributed by atoms with Crippen molar-refractivity contribution in [2.75, 3.05) is 10.6 Å². The highest BCUT2D eigenvalue weighted by atomic mass is 19.4. The molecule has 160 valence electrons. The van der Waals surface area contributed by atoms with Gasteiger partial charge in [-0.15, -0.1) is 13.2 Å². The van der Waals surface area contributed by atoms with Crippen LogP contribution in [0.4, 0.5) is 29.3 Å². The van der Waals surface area contributed by atoms with E-state index in [1.165, 1.54) is 12.1 Å². The van der Waals surface area contributed by atoms with Gasteiger partial charge in [0.05, 0.1) is 0 Å². The zero-order valence-corrected chi connectivity index (χ0v) is 16.1. The monoisotopic (exact) mass is 429 g/mol. The Hall–Kier alpha value is -3.75. The normalized spacial score (nSPS) is 13.4. The lowest BCUT2D eigenvalue weighted by Crippen LogP contribution is -2.20. The lowest BCUT2D eigenvalue weighted by atomic mass is 10.1. The van der Waals surface area contributed by atoms with Crippen molar-refractivity contribution in [3.8, 4) is 17.4 Å². The third-order valence-corrected chi connectivity index (χ3v) is 4.51. The number of amides is 2. The minimum atomic E-state index is -4.78. The quantitative estimate of drug-likeness (QED) is 0.483. The molecule has 4 rings (SSSR count). The van der Waals surface area contributed by atoms with Crippen LogP contribution >= 0.6 is 0 Å². The lowest BCUT2D eigenvalue weighted by Gasteiger charge is -2.14. The number of rotatable bonds is 6. The summed E-state index contributed by atoms with van der Waals surface area (Å²) in [5.41, 5.74) is 1.74. The maximum absolute atomic E-state index is 12.4. The number of anilines is 2. The second kappa shape index (κ2) is 8.55. The summed E-state index contributed by atoms with van der Waals surface area (Å²) in [5.74, 6) is 1.02. The van der Waals surface area contributed by atoms with E-state index in [1.807, 2.05) is 24.3 Å². The molecule has 0 unspecified atom stereocenters. The fraction of sp³-hybridized carbons (Fsp3) is 0.182. The van der Waals surface area contributed by atoms with Gasteiger partial charge in [-0.25, -0.2) is 9.78 Å². The van der Waals surface area contributed by atoms with Gasteiger partial charge >= 0.3 is 12.4 Å². The van der Waals surface area contributed by atoms with Gasteiger partial charge in [0.15, 0.2) is 0 Å². The summed E-state index contributed by atoms with van der Waals surface area (Å²) in [6, 6.07) is 15.2. The molecule has 0 radical (unpaired) electrons. The van der Waals surface area contributed by atoms with E-state index in [4.69, 9.17) is 4.74 Å². The van der Waals surface area contributed by atoms with Crippen molar-refractivity contribution in [1.29, 1.82) is 0 Å². The highest BCUT2D eigenvalue weighted by Crippen LogP contribution is 2.45. The molecule has 2 aromatic carbocycles. The fourth-order valence-electron chi connectivity index (χ4n) is 3.00. The first-order valence-electron chi connectivity index (χ1n) is 9.53. The lowest BCUT2D eigenvalue weighted by molar-refractivity contribution is -0.274. The Morgan fingerprint density at radius 2 is 1.71 bits per heavy atom. The third kappa shape index (κ3) is 5.65. The van der Waals surface area contributed by atoms with Gasteiger partial charge in [-0.05, 0) is 66.8 Å². The first kappa shape index (κ1) is 20.5. The van der Waals surface area contributed by atoms with Gasteiger partial charge in [0.25, 0.3) is 0 Å². The summed E-state index contributed by atoms with van der Waals surface area (Å²) in [4.78, 5) is 16.6. The van der Waals surface area contributed by atoms with E-state index in [0.717, 1.165) is 30.5 Å². The Labute approximate surface area is 176 Å². The van der Waals surface area contributed by atoms with Crippen LogP contribution in [-0.4, -0.2) is 17.4 Å². The van der Waals surface area contributed by atoms with Gasteiger partial charge in [0.1, 0.15) is 17.2 Å². The van der Waals surface area contributed by atoms with Crippen LogP contribution in [0.1, 0.15) is 24.3 Å². The predicted octanol–water partition coefficient (Wildman–Crippen LogP) is 6.29. The molecule has 6 nitrogen and oxygen atoms in total. The molecule has 1 aliphatic rings. The average Bonchev–Trinajstić information content (AvgIpc) is 3.55. The average molecular weight is 429 g/mol. The zero-order chi connectivity index (χ0) is 21.8. The molecule has 0 spiro atoms. The number of pyridine rings is 1. The molecule has 1 saturated carbocycles. The number of para-hydroxylation sites is 1. The largest absolute Gasteiger partial charge is 0.573 e. The van der Waals surface area contributed by atoms with Crippen LogP contribution in [-0.2, 0) is 0 Å². The number of ether oxygens (including phenoxy) is 2. The number of hydrogen-bond acceptors (Lipinski definition) is 4. The first-order valence-corrected chi connectivity index (χ1v) is 9.53. The van der Waals surface area contributed by atoms with Crippen molar-refractivity contribution < 1.29 is 27.4 Å². The van der Waals surface area contributed by atoms with Crippen LogP contribution in [0.25, 0.3) is 0 Å². The number of hydrogen-bond donors (Lipinski definition) is 2. The Balaban J connectivity index is 1.42. The molecular weight excluding hydrogens is 411 g/mol. The smallest absolute Gasteiger partial charge is 0.437 e. The molecule has 0 aliphatic heterocycles. The summed E-state index contributed by atoms with van der Waals surface area (Å²) in [7, 11) is 0. The summed E-state index contributed by atoms with van der Waals surface area (Å²) in [6.07, 6.45) is -0.996. The molecule has 0 bridgehead atoms. The number of benzene rings is 2. The van der Waals surface area contributed by atoms with Gasteiger partial charge in [-0.1, -0.05) is 18.2 Å². The van der Waals surface area contributed by atoms with Crippen LogP contribution < -0.4 is 20.1 Å². The Bertz CT molecular complexity index is 1070. The van der Waals surface area contributed by atoms with Crippen molar-refractivity contribution in [1.82, 2.24) is 4.98 Å². The summed E-state index contributed by atoms with van der Waals surface area (Å²) >= 11 is 0. The van der Waals surface area contributed by atoms with Gasteiger partial charge in [-0.2, -0.15) is 0 Å². The highest BCUT2D eigenvalue weighted by molar-refractivity contribution is 6.00. The van der Waals surface area contributed by atoms with E-state index in [2.05, 4.69) is 20.4 Å². The number of nitrogens with one attached hydrogen (secondary N) is 2. The number of nitrogens with zero attached hydrogens (tertiary/aromatic N) is 1. The number of urea groups is 1. The van der Waals surface area contributed by atoms with E-state index < -0.39 is 12.4 Å². The van der Waals surface area contributed by atoms with Crippen molar-refractivity contribution in [3.05, 3.63) is 72.4 Å². The molecule has 2 N–H and O–H groups in total. The van der Waals surface area contributed by atoms with Gasteiger partial charge in [0.2, 0.25) is 5.88 Å². The minimum Gasteiger partial charge on any atom is -0.437 e. The maximum Gasteiger partial charge on any atom is 0.573 e. The topological polar surface area (TPSA) is 72.5 Å². The summed E-state index contributed by atoms with van der Waals surface area (Å²) < 4.78 is 46.5. The van der Waals surface area contributed by atoms with Crippen LogP contribution in [0.5, 0.6) is 17.4 Å². The van der Waals surface area contributed by atoms with Crippen LogP contribution in [0.2, 0.25) is 0 Å². The Morgan fingerprint density at radius 3 is 2.42 bits per heavy atom. The van der Waals surface area contributed by atoms with E-state index in [-0.39, 0.29) is 17.3 Å². The number of carbonyl (C=O) groups is 1. The Kier molecular flexibility index (Phi) is 5.66. The van der Waals surface area contributed by atoms with Crippen molar-refractivity contribution in [2.24, 2.45) is 0 Å². The van der Waals surface area contributed by atoms with Crippen molar-refractivity contribution in [2.45, 2.75) is 25.1 Å². The summed E-state index contributed by atoms with van der Waals surface area (Å²) in [6.45, 7) is 0. The molecule has 1 aliphatic carbocycles. The van der Waals surface area contributed by atoms with Crippen molar-refractivity contribution in [3.63, 3.8) is 0 Å². The van der Waals surface area contributed by atoms with Gasteiger partial charge in [-0.3, -0.25) is 0 Å². The molecule has 31 heavy (non-hydrogen) atoms. The third-order valence-electron chi connectivity index (χ3n) is 4.51. The van der Waals surface area contributed by atoms with Crippen LogP contribution in [0, 0.1) is 0 Å². The second-order valence-electron chi connectivity index (χ2n) is 6.92. The summed E-state index contributed by atoms with van der Waals surface area (Å²) in [5, 5.41) is 5.19. The molecule has 2 amide bonds. The van der Waals surface area contributed by atoms with E-state index in [1.54, 1.807) is 18.3 Å². The minimum absolute atomic E-state index is 0.236. The molecular formula is C22H18F3N3O3. The van der Waals surface area contributed by atoms with Crippen LogP contribution in [0.15, 0.2) is 66.9 Å². The molecule has 3 aromatic rings. The number of carbonyl (C=O) groups excluding carboxylic acids is 1. The molecule has 0 atom stereocenters. The second-order valence-corrected chi connectivity index (χ2v) is 6.92. The Morgan fingerprint density at radius 1 is 0.968 bits per heavy atom. The maximum atomic E-state index is 12.4. The molecule has 9 heteroatoms. The van der Waals surface area contributed by atoms with E-state index >= 15 is 0 Å². The number of halogens is 3. The number of aromatic nitrogens is 1. The highest BCUT2D eigenvalue weighted by Gasteiger charge is 2.31.